The SMILES string of the molecule is C.C=CC1CCC(/C=C/c2ccc(C)c(F)c2F)CC1.[HH]. The van der Waals surface area contributed by atoms with Crippen molar-refractivity contribution in [1.29, 1.82) is 0 Å². The molecule has 0 aromatic heterocycles. The minimum Gasteiger partial charge on any atom is -0.203 e. The molecular weight excluding hydrogens is 254 g/mol. The first-order valence-corrected chi connectivity index (χ1v) is 6.87. The van der Waals surface area contributed by atoms with Gasteiger partial charge in [-0.1, -0.05) is 37.8 Å². The van der Waals surface area contributed by atoms with Gasteiger partial charge in [0, 0.05) is 6.99 Å². The molecule has 0 amide bonds. The van der Waals surface area contributed by atoms with Crippen molar-refractivity contribution >= 4 is 6.08 Å². The van der Waals surface area contributed by atoms with Gasteiger partial charge in [-0.15, -0.1) is 6.58 Å². The largest absolute Gasteiger partial charge is 0.203 e. The highest BCUT2D eigenvalue weighted by atomic mass is 19.2. The average Bonchev–Trinajstić information content (AvgIpc) is 2.45. The van der Waals surface area contributed by atoms with Gasteiger partial charge in [-0.25, -0.2) is 8.78 Å². The van der Waals surface area contributed by atoms with Gasteiger partial charge in [-0.3, -0.25) is 0 Å². The number of rotatable bonds is 3. The third kappa shape index (κ3) is 3.78. The van der Waals surface area contributed by atoms with E-state index in [1.54, 1.807) is 25.1 Å². The van der Waals surface area contributed by atoms with Gasteiger partial charge >= 0.3 is 0 Å². The smallest absolute Gasteiger partial charge is 0.166 e. The molecule has 2 heteroatoms. The second-order valence-corrected chi connectivity index (χ2v) is 5.37. The zero-order chi connectivity index (χ0) is 13.8. The van der Waals surface area contributed by atoms with Crippen molar-refractivity contribution in [2.24, 2.45) is 11.8 Å². The Hall–Kier alpha value is -1.44. The summed E-state index contributed by atoms with van der Waals surface area (Å²) in [4.78, 5) is 0. The number of benzene rings is 1. The molecule has 0 N–H and O–H groups in total. The second-order valence-electron chi connectivity index (χ2n) is 5.37. The lowest BCUT2D eigenvalue weighted by molar-refractivity contribution is 0.357. The van der Waals surface area contributed by atoms with Gasteiger partial charge in [0.1, 0.15) is 0 Å². The van der Waals surface area contributed by atoms with Crippen LogP contribution in [0.5, 0.6) is 0 Å². The van der Waals surface area contributed by atoms with Crippen LogP contribution < -0.4 is 0 Å². The second kappa shape index (κ2) is 7.37. The zero-order valence-corrected chi connectivity index (χ0v) is 11.3. The molecule has 1 fully saturated rings. The van der Waals surface area contributed by atoms with Crippen LogP contribution in [0.1, 0.15) is 45.7 Å². The maximum absolute atomic E-state index is 13.7. The number of hydrogen-bond acceptors (Lipinski definition) is 0. The Labute approximate surface area is 122 Å². The minimum atomic E-state index is -0.740. The van der Waals surface area contributed by atoms with Gasteiger partial charge in [0.25, 0.3) is 0 Å². The monoisotopic (exact) mass is 280 g/mol. The zero-order valence-electron chi connectivity index (χ0n) is 11.3. The predicted molar refractivity (Wildman–Crippen MR) is 84.6 cm³/mol. The molecule has 0 heterocycles. The van der Waals surface area contributed by atoms with E-state index < -0.39 is 11.6 Å². The quantitative estimate of drug-likeness (QED) is 0.581. The van der Waals surface area contributed by atoms with Crippen molar-refractivity contribution in [3.8, 4) is 0 Å². The van der Waals surface area contributed by atoms with E-state index in [0.29, 0.717) is 23.0 Å². The van der Waals surface area contributed by atoms with Gasteiger partial charge in [-0.05, 0) is 50.0 Å². The molecule has 0 aliphatic heterocycles. The van der Waals surface area contributed by atoms with Crippen LogP contribution in [-0.4, -0.2) is 0 Å². The fraction of sp³-hybridized carbons (Fsp3) is 0.444. The van der Waals surface area contributed by atoms with Crippen LogP contribution in [0.15, 0.2) is 30.9 Å². The summed E-state index contributed by atoms with van der Waals surface area (Å²) in [6.07, 6.45) is 10.2. The fourth-order valence-corrected chi connectivity index (χ4v) is 2.60. The predicted octanol–water partition coefficient (Wildman–Crippen LogP) is 6.16. The topological polar surface area (TPSA) is 0 Å². The minimum absolute atomic E-state index is 0. The van der Waals surface area contributed by atoms with E-state index in [-0.39, 0.29) is 8.85 Å². The third-order valence-electron chi connectivity index (χ3n) is 4.00. The summed E-state index contributed by atoms with van der Waals surface area (Å²) >= 11 is 0. The Bertz CT molecular complexity index is 486. The maximum atomic E-state index is 13.7. The van der Waals surface area contributed by atoms with Gasteiger partial charge in [0.2, 0.25) is 0 Å². The average molecular weight is 280 g/mol. The molecule has 1 saturated carbocycles. The van der Waals surface area contributed by atoms with Crippen molar-refractivity contribution in [2.75, 3.05) is 0 Å². The Balaban J connectivity index is 0.00000200. The molecule has 112 valence electrons. The van der Waals surface area contributed by atoms with Crippen molar-refractivity contribution in [1.82, 2.24) is 0 Å². The maximum Gasteiger partial charge on any atom is 0.166 e. The van der Waals surface area contributed by atoms with E-state index in [9.17, 15) is 8.78 Å². The third-order valence-corrected chi connectivity index (χ3v) is 4.00. The standard InChI is InChI=1S/C17H20F2.CH4.H2/c1-3-13-5-7-14(8-6-13)9-11-15-10-4-12(2)16(18)17(15)19;;/h3-4,9-11,13-14H,1,5-8H2,2H3;1H4;1H/b11-9+;;. The first kappa shape index (κ1) is 16.6. The Morgan fingerprint density at radius 2 is 1.70 bits per heavy atom. The van der Waals surface area contributed by atoms with Crippen LogP contribution >= 0.6 is 0 Å². The molecule has 0 atom stereocenters. The first-order valence-electron chi connectivity index (χ1n) is 6.87. The normalized spacial score (nSPS) is 22.6. The lowest BCUT2D eigenvalue weighted by atomic mass is 9.82. The summed E-state index contributed by atoms with van der Waals surface area (Å²) < 4.78 is 27.1. The Kier molecular flexibility index (Phi) is 6.12. The molecule has 0 spiro atoms. The molecule has 1 aromatic carbocycles. The summed E-state index contributed by atoms with van der Waals surface area (Å²) in [6, 6.07) is 3.26. The molecule has 1 aromatic rings. The Morgan fingerprint density at radius 3 is 2.30 bits per heavy atom. The molecule has 1 aliphatic carbocycles. The molecule has 0 radical (unpaired) electrons. The van der Waals surface area contributed by atoms with E-state index in [0.717, 1.165) is 25.7 Å². The molecule has 0 saturated heterocycles. The van der Waals surface area contributed by atoms with Crippen LogP contribution in [0, 0.1) is 30.4 Å². The molecule has 2 rings (SSSR count). The summed E-state index contributed by atoms with van der Waals surface area (Å²) in [5.74, 6) is -0.383. The van der Waals surface area contributed by atoms with E-state index in [2.05, 4.69) is 6.58 Å². The summed E-state index contributed by atoms with van der Waals surface area (Å²) in [5.41, 5.74) is 0.690. The summed E-state index contributed by atoms with van der Waals surface area (Å²) in [7, 11) is 0. The van der Waals surface area contributed by atoms with Crippen LogP contribution in [0.4, 0.5) is 8.78 Å². The van der Waals surface area contributed by atoms with Crippen LogP contribution in [-0.2, 0) is 0 Å². The molecule has 20 heavy (non-hydrogen) atoms. The van der Waals surface area contributed by atoms with Crippen molar-refractivity contribution in [3.05, 3.63) is 53.6 Å². The van der Waals surface area contributed by atoms with Crippen molar-refractivity contribution < 1.29 is 10.2 Å². The van der Waals surface area contributed by atoms with E-state index in [1.165, 1.54) is 0 Å². The number of aryl methyl sites for hydroxylation is 1. The molecule has 0 unspecified atom stereocenters. The molecule has 0 bridgehead atoms. The summed E-state index contributed by atoms with van der Waals surface area (Å²) in [6.45, 7) is 5.40. The Morgan fingerprint density at radius 1 is 1.10 bits per heavy atom. The highest BCUT2D eigenvalue weighted by molar-refractivity contribution is 5.51. The lowest BCUT2D eigenvalue weighted by Gasteiger charge is -2.24. The number of allylic oxidation sites excluding steroid dienone is 2. The van der Waals surface area contributed by atoms with Gasteiger partial charge in [0.15, 0.2) is 11.6 Å². The molecule has 1 aliphatic rings. The highest BCUT2D eigenvalue weighted by Crippen LogP contribution is 2.30. The first-order chi connectivity index (χ1) is 9.11. The number of hydrogen-bond donors (Lipinski definition) is 0. The highest BCUT2D eigenvalue weighted by Gasteiger charge is 2.17. The van der Waals surface area contributed by atoms with Crippen molar-refractivity contribution in [3.63, 3.8) is 0 Å². The summed E-state index contributed by atoms with van der Waals surface area (Å²) in [5, 5.41) is 0. The van der Waals surface area contributed by atoms with Crippen LogP contribution in [0.3, 0.4) is 0 Å². The van der Waals surface area contributed by atoms with E-state index in [1.807, 2.05) is 12.2 Å². The van der Waals surface area contributed by atoms with E-state index in [4.69, 9.17) is 0 Å². The van der Waals surface area contributed by atoms with Gasteiger partial charge in [0.05, 0.1) is 0 Å². The van der Waals surface area contributed by atoms with Crippen molar-refractivity contribution in [2.45, 2.75) is 40.0 Å². The van der Waals surface area contributed by atoms with Crippen LogP contribution in [0.25, 0.3) is 6.08 Å². The fourth-order valence-electron chi connectivity index (χ4n) is 2.60. The molecule has 0 nitrogen and oxygen atoms in total. The van der Waals surface area contributed by atoms with Crippen LogP contribution in [0.2, 0.25) is 0 Å². The molecular formula is C18H26F2. The van der Waals surface area contributed by atoms with Gasteiger partial charge in [-0.2, -0.15) is 0 Å². The van der Waals surface area contributed by atoms with Gasteiger partial charge < -0.3 is 0 Å². The number of halogens is 2. The van der Waals surface area contributed by atoms with E-state index >= 15 is 0 Å². The lowest BCUT2D eigenvalue weighted by Crippen LogP contribution is -2.10.